The third-order valence-corrected chi connectivity index (χ3v) is 2.27. The Morgan fingerprint density at radius 2 is 2.22 bits per heavy atom. The van der Waals surface area contributed by atoms with E-state index in [4.69, 9.17) is 5.26 Å². The summed E-state index contributed by atoms with van der Waals surface area (Å²) in [6, 6.07) is 6.04. The van der Waals surface area contributed by atoms with Crippen LogP contribution in [0.1, 0.15) is 19.4 Å². The SMILES string of the molecule is CC(C)CNC(=O)CNc1cccc(F)c1C#N. The summed E-state index contributed by atoms with van der Waals surface area (Å²) >= 11 is 0. The molecule has 0 heterocycles. The number of nitrogens with zero attached hydrogens (tertiary/aromatic N) is 1. The van der Waals surface area contributed by atoms with Crippen molar-refractivity contribution in [1.82, 2.24) is 5.32 Å². The first kappa shape index (κ1) is 14.0. The molecule has 0 saturated heterocycles. The van der Waals surface area contributed by atoms with E-state index < -0.39 is 5.82 Å². The summed E-state index contributed by atoms with van der Waals surface area (Å²) in [6.07, 6.45) is 0. The van der Waals surface area contributed by atoms with E-state index in [1.807, 2.05) is 13.8 Å². The lowest BCUT2D eigenvalue weighted by Crippen LogP contribution is -2.32. The van der Waals surface area contributed by atoms with Crippen molar-refractivity contribution in [2.75, 3.05) is 18.4 Å². The number of hydrogen-bond acceptors (Lipinski definition) is 3. The fraction of sp³-hybridized carbons (Fsp3) is 0.385. The van der Waals surface area contributed by atoms with Crippen LogP contribution in [0.15, 0.2) is 18.2 Å². The molecule has 0 bridgehead atoms. The van der Waals surface area contributed by atoms with E-state index >= 15 is 0 Å². The molecule has 0 saturated carbocycles. The summed E-state index contributed by atoms with van der Waals surface area (Å²) in [7, 11) is 0. The maximum Gasteiger partial charge on any atom is 0.239 e. The van der Waals surface area contributed by atoms with Crippen LogP contribution in [0.25, 0.3) is 0 Å². The predicted molar refractivity (Wildman–Crippen MR) is 67.5 cm³/mol. The highest BCUT2D eigenvalue weighted by molar-refractivity contribution is 5.81. The highest BCUT2D eigenvalue weighted by Gasteiger charge is 2.08. The highest BCUT2D eigenvalue weighted by Crippen LogP contribution is 2.17. The molecule has 0 aliphatic heterocycles. The van der Waals surface area contributed by atoms with Gasteiger partial charge in [0.2, 0.25) is 5.91 Å². The summed E-state index contributed by atoms with van der Waals surface area (Å²) in [5.74, 6) is -0.403. The normalized spacial score (nSPS) is 9.94. The summed E-state index contributed by atoms with van der Waals surface area (Å²) < 4.78 is 13.3. The molecule has 1 aromatic rings. The van der Waals surface area contributed by atoms with Gasteiger partial charge in [0.1, 0.15) is 17.4 Å². The quantitative estimate of drug-likeness (QED) is 0.837. The molecule has 0 unspecified atom stereocenters. The van der Waals surface area contributed by atoms with E-state index in [2.05, 4.69) is 10.6 Å². The number of nitrogens with one attached hydrogen (secondary N) is 2. The van der Waals surface area contributed by atoms with Crippen molar-refractivity contribution in [3.8, 4) is 6.07 Å². The van der Waals surface area contributed by atoms with Crippen LogP contribution in [0, 0.1) is 23.1 Å². The second-order valence-electron chi connectivity index (χ2n) is 4.33. The minimum Gasteiger partial charge on any atom is -0.375 e. The summed E-state index contributed by atoms with van der Waals surface area (Å²) in [5, 5.41) is 14.3. The molecule has 4 nitrogen and oxygen atoms in total. The summed E-state index contributed by atoms with van der Waals surface area (Å²) in [6.45, 7) is 4.60. The number of anilines is 1. The standard InChI is InChI=1S/C13H16FN3O/c1-9(2)7-17-13(18)8-16-12-5-3-4-11(14)10(12)6-15/h3-5,9,16H,7-8H2,1-2H3,(H,17,18). The second kappa shape index (κ2) is 6.60. The molecule has 1 aromatic carbocycles. The van der Waals surface area contributed by atoms with E-state index in [1.165, 1.54) is 12.1 Å². The van der Waals surface area contributed by atoms with E-state index in [0.29, 0.717) is 18.2 Å². The number of carbonyl (C=O) groups excluding carboxylic acids is 1. The minimum atomic E-state index is -0.593. The Bertz CT molecular complexity index is 466. The molecule has 0 atom stereocenters. The van der Waals surface area contributed by atoms with Gasteiger partial charge in [-0.1, -0.05) is 19.9 Å². The zero-order valence-corrected chi connectivity index (χ0v) is 10.5. The van der Waals surface area contributed by atoms with Gasteiger partial charge >= 0.3 is 0 Å². The number of benzene rings is 1. The van der Waals surface area contributed by atoms with Crippen molar-refractivity contribution >= 4 is 11.6 Å². The molecule has 96 valence electrons. The maximum atomic E-state index is 13.3. The van der Waals surface area contributed by atoms with Crippen LogP contribution < -0.4 is 10.6 Å². The van der Waals surface area contributed by atoms with Crippen molar-refractivity contribution in [1.29, 1.82) is 5.26 Å². The first-order chi connectivity index (χ1) is 8.54. The Balaban J connectivity index is 2.57. The van der Waals surface area contributed by atoms with Gasteiger partial charge in [-0.25, -0.2) is 4.39 Å². The van der Waals surface area contributed by atoms with Crippen LogP contribution in [0.3, 0.4) is 0 Å². The number of hydrogen-bond donors (Lipinski definition) is 2. The summed E-state index contributed by atoms with van der Waals surface area (Å²) in [5.41, 5.74) is 0.256. The number of nitriles is 1. The largest absolute Gasteiger partial charge is 0.375 e. The molecule has 2 N–H and O–H groups in total. The van der Waals surface area contributed by atoms with Crippen molar-refractivity contribution in [3.63, 3.8) is 0 Å². The molecular formula is C13H16FN3O. The van der Waals surface area contributed by atoms with E-state index in [0.717, 1.165) is 0 Å². The monoisotopic (exact) mass is 249 g/mol. The van der Waals surface area contributed by atoms with Crippen LogP contribution in [0.5, 0.6) is 0 Å². The molecule has 0 aromatic heterocycles. The van der Waals surface area contributed by atoms with Gasteiger partial charge in [0, 0.05) is 6.54 Å². The van der Waals surface area contributed by atoms with Gasteiger partial charge in [0.25, 0.3) is 0 Å². The van der Waals surface area contributed by atoms with Crippen LogP contribution in [0.4, 0.5) is 10.1 Å². The Morgan fingerprint density at radius 1 is 1.50 bits per heavy atom. The molecule has 0 aliphatic carbocycles. The van der Waals surface area contributed by atoms with Crippen LogP contribution in [-0.2, 0) is 4.79 Å². The molecule has 0 spiro atoms. The third-order valence-electron chi connectivity index (χ3n) is 2.27. The number of amides is 1. The Kier molecular flexibility index (Phi) is 5.12. The molecule has 1 rings (SSSR count). The van der Waals surface area contributed by atoms with Crippen molar-refractivity contribution in [2.45, 2.75) is 13.8 Å². The van der Waals surface area contributed by atoms with Gasteiger partial charge < -0.3 is 10.6 Å². The smallest absolute Gasteiger partial charge is 0.239 e. The van der Waals surface area contributed by atoms with E-state index in [1.54, 1.807) is 12.1 Å². The Morgan fingerprint density at radius 3 is 2.83 bits per heavy atom. The molecule has 0 aliphatic rings. The first-order valence-electron chi connectivity index (χ1n) is 5.73. The van der Waals surface area contributed by atoms with E-state index in [-0.39, 0.29) is 18.0 Å². The zero-order valence-electron chi connectivity index (χ0n) is 10.5. The fourth-order valence-corrected chi connectivity index (χ4v) is 1.34. The van der Waals surface area contributed by atoms with Gasteiger partial charge in [-0.05, 0) is 18.1 Å². The lowest BCUT2D eigenvalue weighted by Gasteiger charge is -2.10. The number of halogens is 1. The van der Waals surface area contributed by atoms with Crippen molar-refractivity contribution < 1.29 is 9.18 Å². The molecule has 5 heteroatoms. The van der Waals surface area contributed by atoms with Gasteiger partial charge in [-0.15, -0.1) is 0 Å². The molecular weight excluding hydrogens is 233 g/mol. The first-order valence-corrected chi connectivity index (χ1v) is 5.73. The molecule has 0 radical (unpaired) electrons. The van der Waals surface area contributed by atoms with Crippen LogP contribution in [-0.4, -0.2) is 19.0 Å². The van der Waals surface area contributed by atoms with Crippen molar-refractivity contribution in [3.05, 3.63) is 29.6 Å². The highest BCUT2D eigenvalue weighted by atomic mass is 19.1. The Labute approximate surface area is 106 Å². The van der Waals surface area contributed by atoms with Crippen molar-refractivity contribution in [2.24, 2.45) is 5.92 Å². The van der Waals surface area contributed by atoms with E-state index in [9.17, 15) is 9.18 Å². The van der Waals surface area contributed by atoms with Gasteiger partial charge in [-0.2, -0.15) is 5.26 Å². The lowest BCUT2D eigenvalue weighted by molar-refractivity contribution is -0.119. The van der Waals surface area contributed by atoms with Crippen LogP contribution in [0.2, 0.25) is 0 Å². The summed E-state index contributed by atoms with van der Waals surface area (Å²) in [4.78, 5) is 11.5. The predicted octanol–water partition coefficient (Wildman–Crippen LogP) is 1.88. The zero-order chi connectivity index (χ0) is 13.5. The lowest BCUT2D eigenvalue weighted by atomic mass is 10.2. The fourth-order valence-electron chi connectivity index (χ4n) is 1.34. The second-order valence-corrected chi connectivity index (χ2v) is 4.33. The van der Waals surface area contributed by atoms with Gasteiger partial charge in [0.05, 0.1) is 12.2 Å². The minimum absolute atomic E-state index is 0.0187. The van der Waals surface area contributed by atoms with Crippen LogP contribution >= 0.6 is 0 Å². The van der Waals surface area contributed by atoms with Gasteiger partial charge in [0.15, 0.2) is 0 Å². The maximum absolute atomic E-state index is 13.3. The molecule has 1 amide bonds. The number of carbonyl (C=O) groups is 1. The van der Waals surface area contributed by atoms with Gasteiger partial charge in [-0.3, -0.25) is 4.79 Å². The molecule has 18 heavy (non-hydrogen) atoms. The average molecular weight is 249 g/mol. The average Bonchev–Trinajstić information content (AvgIpc) is 2.33. The Hall–Kier alpha value is -2.09. The topological polar surface area (TPSA) is 64.9 Å². The number of rotatable bonds is 5. The third kappa shape index (κ3) is 4.06. The molecule has 0 fully saturated rings.